The summed E-state index contributed by atoms with van der Waals surface area (Å²) >= 11 is 1.29. The molecule has 0 bridgehead atoms. The third kappa shape index (κ3) is 3.31. The summed E-state index contributed by atoms with van der Waals surface area (Å²) in [6, 6.07) is 3.77. The van der Waals surface area contributed by atoms with Gasteiger partial charge in [-0.3, -0.25) is 14.5 Å². The molecule has 0 radical (unpaired) electrons. The van der Waals surface area contributed by atoms with E-state index in [0.717, 1.165) is 12.4 Å². The minimum atomic E-state index is -0.570. The number of anilines is 1. The van der Waals surface area contributed by atoms with Crippen LogP contribution in [-0.4, -0.2) is 55.9 Å². The lowest BCUT2D eigenvalue weighted by atomic mass is 10.2. The smallest absolute Gasteiger partial charge is 0.266 e. The lowest BCUT2D eigenvalue weighted by Crippen LogP contribution is -2.52. The van der Waals surface area contributed by atoms with Crippen molar-refractivity contribution in [2.24, 2.45) is 0 Å². The molecule has 1 saturated heterocycles. The van der Waals surface area contributed by atoms with Gasteiger partial charge in [-0.2, -0.15) is 0 Å². The Morgan fingerprint density at radius 2 is 1.89 bits per heavy atom. The van der Waals surface area contributed by atoms with E-state index in [1.807, 2.05) is 29.1 Å². The van der Waals surface area contributed by atoms with E-state index in [1.165, 1.54) is 21.1 Å². The predicted octanol–water partition coefficient (Wildman–Crippen LogP) is 1.66. The van der Waals surface area contributed by atoms with Gasteiger partial charge in [-0.15, -0.1) is 0 Å². The summed E-state index contributed by atoms with van der Waals surface area (Å²) in [7, 11) is 0. The highest BCUT2D eigenvalue weighted by Crippen LogP contribution is 2.24. The Morgan fingerprint density at radius 1 is 1.19 bits per heavy atom. The highest BCUT2D eigenvalue weighted by Gasteiger charge is 2.31. The molecule has 1 aliphatic heterocycles. The second-order valence-corrected chi connectivity index (χ2v) is 6.95. The fourth-order valence-corrected chi connectivity index (χ4v) is 3.80. The van der Waals surface area contributed by atoms with Crippen molar-refractivity contribution in [2.75, 3.05) is 24.5 Å². The topological polar surface area (TPSA) is 84.2 Å². The molecule has 4 rings (SSSR count). The molecule has 2 amide bonds. The molecule has 0 saturated carbocycles. The number of nitrogens with zero attached hydrogens (tertiary/aromatic N) is 6. The van der Waals surface area contributed by atoms with E-state index in [0.29, 0.717) is 22.2 Å². The summed E-state index contributed by atoms with van der Waals surface area (Å²) in [4.78, 5) is 40.8. The molecule has 0 unspecified atom stereocenters. The molecule has 3 aromatic rings. The molecule has 1 aliphatic rings. The zero-order valence-electron chi connectivity index (χ0n) is 14.4. The Labute approximate surface area is 157 Å². The first-order valence-electron chi connectivity index (χ1n) is 8.21. The fourth-order valence-electron chi connectivity index (χ4n) is 2.80. The lowest BCUT2D eigenvalue weighted by molar-refractivity contribution is -0.120. The van der Waals surface area contributed by atoms with Crippen molar-refractivity contribution < 1.29 is 14.0 Å². The van der Waals surface area contributed by atoms with Crippen LogP contribution in [-0.2, 0) is 4.79 Å². The number of aryl methyl sites for hydroxylation is 1. The molecular formula is C17H15FN6O2S. The number of aromatic nitrogens is 4. The van der Waals surface area contributed by atoms with Gasteiger partial charge in [0.05, 0.1) is 18.1 Å². The van der Waals surface area contributed by atoms with Gasteiger partial charge in [0.1, 0.15) is 11.4 Å². The van der Waals surface area contributed by atoms with Crippen molar-refractivity contribution >= 4 is 29.1 Å². The molecule has 3 aromatic heterocycles. The summed E-state index contributed by atoms with van der Waals surface area (Å²) in [5.74, 6) is -0.970. The van der Waals surface area contributed by atoms with Crippen molar-refractivity contribution in [3.8, 4) is 5.13 Å². The highest BCUT2D eigenvalue weighted by atomic mass is 32.1. The van der Waals surface area contributed by atoms with Gasteiger partial charge in [-0.25, -0.2) is 19.3 Å². The van der Waals surface area contributed by atoms with E-state index >= 15 is 0 Å². The maximum Gasteiger partial charge on any atom is 0.266 e. The number of rotatable bonds is 3. The summed E-state index contributed by atoms with van der Waals surface area (Å²) in [5.41, 5.74) is 0.630. The summed E-state index contributed by atoms with van der Waals surface area (Å²) in [5, 5.41) is 0.700. The van der Waals surface area contributed by atoms with Crippen molar-refractivity contribution in [3.63, 3.8) is 0 Å². The van der Waals surface area contributed by atoms with Gasteiger partial charge in [-0.1, -0.05) is 11.3 Å². The minimum absolute atomic E-state index is 0.0875. The van der Waals surface area contributed by atoms with E-state index < -0.39 is 5.82 Å². The Bertz CT molecular complexity index is 986. The van der Waals surface area contributed by atoms with Gasteiger partial charge < -0.3 is 9.47 Å². The Kier molecular flexibility index (Phi) is 4.40. The van der Waals surface area contributed by atoms with Crippen LogP contribution < -0.4 is 4.90 Å². The number of halogens is 1. The van der Waals surface area contributed by atoms with Crippen LogP contribution >= 0.6 is 11.3 Å². The molecule has 1 fully saturated rings. The van der Waals surface area contributed by atoms with Crippen molar-refractivity contribution in [1.82, 2.24) is 24.4 Å². The van der Waals surface area contributed by atoms with Crippen molar-refractivity contribution in [3.05, 3.63) is 53.3 Å². The zero-order valence-corrected chi connectivity index (χ0v) is 15.2. The number of piperazine rings is 1. The quantitative estimate of drug-likeness (QED) is 0.684. The van der Waals surface area contributed by atoms with Gasteiger partial charge in [-0.05, 0) is 19.1 Å². The Balaban J connectivity index is 1.50. The molecule has 4 heterocycles. The number of hydrogen-bond acceptors (Lipinski definition) is 6. The molecule has 0 aromatic carbocycles. The Morgan fingerprint density at radius 3 is 2.56 bits per heavy atom. The lowest BCUT2D eigenvalue weighted by Gasteiger charge is -2.32. The molecular weight excluding hydrogens is 371 g/mol. The number of hydrogen-bond donors (Lipinski definition) is 0. The maximum absolute atomic E-state index is 13.0. The standard InChI is InChI=1S/C17H15FN6O2S/c1-11-14(27-17(21-11)22-4-2-3-5-22)15(26)23-6-7-24(13(25)10-23)16-19-8-12(18)9-20-16/h2-5,8-9H,6-7,10H2,1H3. The summed E-state index contributed by atoms with van der Waals surface area (Å²) < 4.78 is 14.8. The second kappa shape index (κ2) is 6.88. The van der Waals surface area contributed by atoms with Crippen LogP contribution in [0.1, 0.15) is 15.4 Å². The van der Waals surface area contributed by atoms with Gasteiger partial charge in [0.25, 0.3) is 5.91 Å². The van der Waals surface area contributed by atoms with E-state index in [4.69, 9.17) is 0 Å². The first-order valence-corrected chi connectivity index (χ1v) is 9.02. The van der Waals surface area contributed by atoms with Crippen LogP contribution in [0.25, 0.3) is 5.13 Å². The monoisotopic (exact) mass is 386 g/mol. The van der Waals surface area contributed by atoms with Crippen LogP contribution in [0.2, 0.25) is 0 Å². The zero-order chi connectivity index (χ0) is 19.0. The summed E-state index contributed by atoms with van der Waals surface area (Å²) in [6.07, 6.45) is 5.74. The van der Waals surface area contributed by atoms with E-state index in [-0.39, 0.29) is 30.9 Å². The van der Waals surface area contributed by atoms with Gasteiger partial charge in [0.2, 0.25) is 11.9 Å². The third-order valence-electron chi connectivity index (χ3n) is 4.16. The highest BCUT2D eigenvalue weighted by molar-refractivity contribution is 7.16. The fraction of sp³-hybridized carbons (Fsp3) is 0.235. The number of carbonyl (C=O) groups is 2. The van der Waals surface area contributed by atoms with E-state index in [2.05, 4.69) is 15.0 Å². The normalized spacial score (nSPS) is 14.7. The first-order chi connectivity index (χ1) is 13.0. The maximum atomic E-state index is 13.0. The van der Waals surface area contributed by atoms with E-state index in [9.17, 15) is 14.0 Å². The molecule has 0 N–H and O–H groups in total. The summed E-state index contributed by atoms with van der Waals surface area (Å²) in [6.45, 7) is 2.27. The van der Waals surface area contributed by atoms with Crippen molar-refractivity contribution in [1.29, 1.82) is 0 Å². The van der Waals surface area contributed by atoms with Crippen LogP contribution in [0.3, 0.4) is 0 Å². The molecule has 0 atom stereocenters. The van der Waals surface area contributed by atoms with Crippen LogP contribution in [0, 0.1) is 12.7 Å². The Hall–Kier alpha value is -3.14. The largest absolute Gasteiger partial charge is 0.327 e. The van der Waals surface area contributed by atoms with Crippen molar-refractivity contribution in [2.45, 2.75) is 6.92 Å². The third-order valence-corrected chi connectivity index (χ3v) is 5.32. The van der Waals surface area contributed by atoms with Gasteiger partial charge in [0, 0.05) is 25.5 Å². The molecule has 0 spiro atoms. The number of amides is 2. The molecule has 8 nitrogen and oxygen atoms in total. The second-order valence-electron chi connectivity index (χ2n) is 5.97. The predicted molar refractivity (Wildman–Crippen MR) is 96.4 cm³/mol. The molecule has 10 heteroatoms. The number of carbonyl (C=O) groups excluding carboxylic acids is 2. The minimum Gasteiger partial charge on any atom is -0.327 e. The number of thiazole rings is 1. The van der Waals surface area contributed by atoms with Crippen LogP contribution in [0.4, 0.5) is 10.3 Å². The molecule has 138 valence electrons. The molecule has 27 heavy (non-hydrogen) atoms. The SMILES string of the molecule is Cc1nc(-n2cccc2)sc1C(=O)N1CCN(c2ncc(F)cn2)C(=O)C1. The average Bonchev–Trinajstić information content (AvgIpc) is 3.31. The van der Waals surface area contributed by atoms with E-state index in [1.54, 1.807) is 6.92 Å². The first kappa shape index (κ1) is 17.3. The molecule has 0 aliphatic carbocycles. The van der Waals surface area contributed by atoms with Crippen LogP contribution in [0.5, 0.6) is 0 Å². The van der Waals surface area contributed by atoms with Gasteiger partial charge in [0.15, 0.2) is 10.9 Å². The van der Waals surface area contributed by atoms with Crippen LogP contribution in [0.15, 0.2) is 36.9 Å². The van der Waals surface area contributed by atoms with Gasteiger partial charge >= 0.3 is 0 Å². The average molecular weight is 386 g/mol.